The Morgan fingerprint density at radius 3 is 2.62 bits per heavy atom. The minimum atomic E-state index is -2.58. The standard InChI is InChI=1S/C18H23F2N3O3/c19-17(20)12-2-1-3-13(6-12)21-18(26)22-14-7-15(8-14)23(10-16(24)25)9-11-4-5-11/h1-3,6,11,14-15,17H,4-5,7-10H2,(H,24,25)(H2,21,22,26). The van der Waals surface area contributed by atoms with E-state index in [4.69, 9.17) is 5.11 Å². The number of hydrogen-bond donors (Lipinski definition) is 3. The molecule has 2 amide bonds. The summed E-state index contributed by atoms with van der Waals surface area (Å²) in [5.41, 5.74) is 0.174. The van der Waals surface area contributed by atoms with E-state index in [1.165, 1.54) is 18.2 Å². The van der Waals surface area contributed by atoms with Crippen molar-refractivity contribution >= 4 is 17.7 Å². The molecule has 2 saturated carbocycles. The Morgan fingerprint density at radius 1 is 1.27 bits per heavy atom. The lowest BCUT2D eigenvalue weighted by molar-refractivity contribution is -0.139. The molecule has 2 aliphatic carbocycles. The summed E-state index contributed by atoms with van der Waals surface area (Å²) in [7, 11) is 0. The first-order valence-electron chi connectivity index (χ1n) is 8.82. The minimum absolute atomic E-state index is 0.0283. The number of carbonyl (C=O) groups is 2. The van der Waals surface area contributed by atoms with Crippen LogP contribution in [-0.2, 0) is 4.79 Å². The molecule has 1 aromatic carbocycles. The molecule has 0 radical (unpaired) electrons. The molecule has 2 aliphatic rings. The summed E-state index contributed by atoms with van der Waals surface area (Å²) in [6.07, 6.45) is 1.13. The number of nitrogens with one attached hydrogen (secondary N) is 2. The van der Waals surface area contributed by atoms with Crippen LogP contribution in [0.4, 0.5) is 19.3 Å². The minimum Gasteiger partial charge on any atom is -0.480 e. The highest BCUT2D eigenvalue weighted by Gasteiger charge is 2.37. The Morgan fingerprint density at radius 2 is 2.00 bits per heavy atom. The Balaban J connectivity index is 1.44. The van der Waals surface area contributed by atoms with Crippen molar-refractivity contribution in [2.45, 2.75) is 44.2 Å². The summed E-state index contributed by atoms with van der Waals surface area (Å²) >= 11 is 0. The van der Waals surface area contributed by atoms with Gasteiger partial charge in [0.2, 0.25) is 0 Å². The third kappa shape index (κ3) is 5.14. The molecule has 2 fully saturated rings. The predicted molar refractivity (Wildman–Crippen MR) is 92.3 cm³/mol. The number of anilines is 1. The topological polar surface area (TPSA) is 81.7 Å². The van der Waals surface area contributed by atoms with E-state index in [1.54, 1.807) is 6.07 Å². The summed E-state index contributed by atoms with van der Waals surface area (Å²) in [6, 6.07) is 5.27. The highest BCUT2D eigenvalue weighted by Crippen LogP contribution is 2.33. The van der Waals surface area contributed by atoms with Gasteiger partial charge in [0.25, 0.3) is 6.43 Å². The zero-order valence-electron chi connectivity index (χ0n) is 14.3. The maximum atomic E-state index is 12.7. The van der Waals surface area contributed by atoms with E-state index >= 15 is 0 Å². The molecule has 0 bridgehead atoms. The summed E-state index contributed by atoms with van der Waals surface area (Å²) < 4.78 is 25.4. The first kappa shape index (κ1) is 18.6. The SMILES string of the molecule is O=C(O)CN(CC1CC1)C1CC(NC(=O)Nc2cccc(C(F)F)c2)C1. The molecule has 0 aromatic heterocycles. The molecule has 0 atom stereocenters. The Labute approximate surface area is 150 Å². The van der Waals surface area contributed by atoms with Crippen LogP contribution in [0.3, 0.4) is 0 Å². The number of benzene rings is 1. The van der Waals surface area contributed by atoms with Crippen LogP contribution >= 0.6 is 0 Å². The molecule has 0 aliphatic heterocycles. The predicted octanol–water partition coefficient (Wildman–Crippen LogP) is 3.07. The first-order valence-corrected chi connectivity index (χ1v) is 8.82. The van der Waals surface area contributed by atoms with Gasteiger partial charge in [-0.15, -0.1) is 0 Å². The summed E-state index contributed by atoms with van der Waals surface area (Å²) in [6.45, 7) is 0.830. The van der Waals surface area contributed by atoms with Crippen molar-refractivity contribution < 1.29 is 23.5 Å². The van der Waals surface area contributed by atoms with E-state index in [-0.39, 0.29) is 24.2 Å². The number of alkyl halides is 2. The average molecular weight is 367 g/mol. The highest BCUT2D eigenvalue weighted by molar-refractivity contribution is 5.89. The van der Waals surface area contributed by atoms with Crippen molar-refractivity contribution in [3.63, 3.8) is 0 Å². The second-order valence-corrected chi connectivity index (χ2v) is 7.11. The highest BCUT2D eigenvalue weighted by atomic mass is 19.3. The largest absolute Gasteiger partial charge is 0.480 e. The van der Waals surface area contributed by atoms with Crippen LogP contribution in [0.2, 0.25) is 0 Å². The second kappa shape index (κ2) is 7.99. The zero-order chi connectivity index (χ0) is 18.7. The maximum absolute atomic E-state index is 12.7. The number of amides is 2. The molecule has 0 saturated heterocycles. The van der Waals surface area contributed by atoms with Crippen molar-refractivity contribution in [1.82, 2.24) is 10.2 Å². The lowest BCUT2D eigenvalue weighted by Crippen LogP contribution is -2.55. The van der Waals surface area contributed by atoms with Gasteiger partial charge < -0.3 is 15.7 Å². The van der Waals surface area contributed by atoms with Crippen LogP contribution in [0.15, 0.2) is 24.3 Å². The van der Waals surface area contributed by atoms with Gasteiger partial charge in [0.1, 0.15) is 0 Å². The van der Waals surface area contributed by atoms with E-state index in [0.29, 0.717) is 24.4 Å². The number of urea groups is 1. The number of aliphatic carboxylic acids is 1. The van der Waals surface area contributed by atoms with Gasteiger partial charge in [-0.3, -0.25) is 9.69 Å². The smallest absolute Gasteiger partial charge is 0.319 e. The zero-order valence-corrected chi connectivity index (χ0v) is 14.3. The molecular weight excluding hydrogens is 344 g/mol. The fraction of sp³-hybridized carbons (Fsp3) is 0.556. The van der Waals surface area contributed by atoms with Gasteiger partial charge >= 0.3 is 12.0 Å². The van der Waals surface area contributed by atoms with Crippen LogP contribution in [0, 0.1) is 5.92 Å². The number of carboxylic acids is 1. The molecule has 0 spiro atoms. The number of halogens is 2. The van der Waals surface area contributed by atoms with Crippen molar-refractivity contribution in [1.29, 1.82) is 0 Å². The van der Waals surface area contributed by atoms with Gasteiger partial charge in [-0.2, -0.15) is 0 Å². The molecule has 0 heterocycles. The molecule has 6 nitrogen and oxygen atoms in total. The van der Waals surface area contributed by atoms with Gasteiger partial charge in [0.05, 0.1) is 6.54 Å². The number of carboxylic acid groups (broad SMARTS) is 1. The van der Waals surface area contributed by atoms with Crippen LogP contribution < -0.4 is 10.6 Å². The Bertz CT molecular complexity index is 661. The average Bonchev–Trinajstić information content (AvgIpc) is 3.33. The lowest BCUT2D eigenvalue weighted by Gasteiger charge is -2.42. The van der Waals surface area contributed by atoms with Gasteiger partial charge in [-0.05, 0) is 43.7 Å². The van der Waals surface area contributed by atoms with Crippen molar-refractivity contribution in [2.75, 3.05) is 18.4 Å². The van der Waals surface area contributed by atoms with E-state index < -0.39 is 18.4 Å². The fourth-order valence-electron chi connectivity index (χ4n) is 3.26. The van der Waals surface area contributed by atoms with Crippen molar-refractivity contribution in [2.24, 2.45) is 5.92 Å². The van der Waals surface area contributed by atoms with Gasteiger partial charge in [0.15, 0.2) is 0 Å². The van der Waals surface area contributed by atoms with Crippen molar-refractivity contribution in [3.05, 3.63) is 29.8 Å². The molecule has 142 valence electrons. The molecule has 3 N–H and O–H groups in total. The Hall–Kier alpha value is -2.22. The number of rotatable bonds is 8. The van der Waals surface area contributed by atoms with Crippen LogP contribution in [0.1, 0.15) is 37.7 Å². The third-order valence-corrected chi connectivity index (χ3v) is 4.89. The van der Waals surface area contributed by atoms with E-state index in [1.807, 2.05) is 4.90 Å². The quantitative estimate of drug-likeness (QED) is 0.660. The summed E-state index contributed by atoms with van der Waals surface area (Å²) in [5.74, 6) is -0.231. The molecule has 8 heteroatoms. The molecule has 0 unspecified atom stereocenters. The Kier molecular flexibility index (Phi) is 5.70. The van der Waals surface area contributed by atoms with Crippen LogP contribution in [0.5, 0.6) is 0 Å². The van der Waals surface area contributed by atoms with Crippen LogP contribution in [-0.4, -0.2) is 47.2 Å². The normalized spacial score (nSPS) is 22.2. The first-order chi connectivity index (χ1) is 12.4. The fourth-order valence-corrected chi connectivity index (χ4v) is 3.26. The molecule has 26 heavy (non-hydrogen) atoms. The van der Waals surface area contributed by atoms with Crippen molar-refractivity contribution in [3.8, 4) is 0 Å². The second-order valence-electron chi connectivity index (χ2n) is 7.11. The monoisotopic (exact) mass is 367 g/mol. The molecule has 3 rings (SSSR count). The third-order valence-electron chi connectivity index (χ3n) is 4.89. The number of carbonyl (C=O) groups excluding carboxylic acids is 1. The maximum Gasteiger partial charge on any atom is 0.319 e. The van der Waals surface area contributed by atoms with Gasteiger partial charge in [-0.25, -0.2) is 13.6 Å². The lowest BCUT2D eigenvalue weighted by atomic mass is 9.85. The van der Waals surface area contributed by atoms with E-state index in [2.05, 4.69) is 10.6 Å². The van der Waals surface area contributed by atoms with Crippen LogP contribution in [0.25, 0.3) is 0 Å². The van der Waals surface area contributed by atoms with Gasteiger partial charge in [0, 0.05) is 29.9 Å². The van der Waals surface area contributed by atoms with E-state index in [9.17, 15) is 18.4 Å². The molecular formula is C18H23F2N3O3. The number of nitrogens with zero attached hydrogens (tertiary/aromatic N) is 1. The van der Waals surface area contributed by atoms with E-state index in [0.717, 1.165) is 19.4 Å². The number of hydrogen-bond acceptors (Lipinski definition) is 3. The van der Waals surface area contributed by atoms with Gasteiger partial charge in [-0.1, -0.05) is 12.1 Å². The molecule has 1 aromatic rings. The summed E-state index contributed by atoms with van der Waals surface area (Å²) in [4.78, 5) is 25.0. The summed E-state index contributed by atoms with van der Waals surface area (Å²) in [5, 5.41) is 14.4.